The van der Waals surface area contributed by atoms with Crippen LogP contribution < -0.4 is 5.32 Å². The van der Waals surface area contributed by atoms with Crippen molar-refractivity contribution in [1.82, 2.24) is 9.88 Å². The van der Waals surface area contributed by atoms with E-state index >= 15 is 0 Å². The Morgan fingerprint density at radius 2 is 1.85 bits per heavy atom. The molecule has 2 nitrogen and oxygen atoms in total. The van der Waals surface area contributed by atoms with Crippen molar-refractivity contribution in [3.05, 3.63) is 36.0 Å². The number of fused-ring (bicyclic) bond motifs is 1. The number of nitrogens with one attached hydrogen (secondary N) is 1. The van der Waals surface area contributed by atoms with Crippen LogP contribution in [0.1, 0.15) is 31.2 Å². The minimum Gasteiger partial charge on any atom is -0.350 e. The van der Waals surface area contributed by atoms with E-state index in [9.17, 15) is 0 Å². The van der Waals surface area contributed by atoms with Crippen LogP contribution in [0.15, 0.2) is 30.5 Å². The number of hydrogen-bond acceptors (Lipinski definition) is 1. The summed E-state index contributed by atoms with van der Waals surface area (Å²) in [6.45, 7) is 2.23. The van der Waals surface area contributed by atoms with Crippen molar-refractivity contribution < 1.29 is 0 Å². The highest BCUT2D eigenvalue weighted by molar-refractivity contribution is 5.83. The molecule has 20 heavy (non-hydrogen) atoms. The number of nitrogens with zero attached hydrogens (tertiary/aromatic N) is 1. The quantitative estimate of drug-likeness (QED) is 0.845. The minimum atomic E-state index is 0.963. The molecule has 0 unspecified atom stereocenters. The molecular weight excluding hydrogens is 244 g/mol. The first-order valence-electron chi connectivity index (χ1n) is 8.06. The Morgan fingerprint density at radius 3 is 2.55 bits per heavy atom. The molecule has 0 atom stereocenters. The summed E-state index contributed by atoms with van der Waals surface area (Å²) < 4.78 is 2.24. The molecule has 2 heteroatoms. The van der Waals surface area contributed by atoms with Crippen LogP contribution in [-0.4, -0.2) is 11.1 Å². The molecule has 2 saturated carbocycles. The number of aromatic nitrogens is 1. The van der Waals surface area contributed by atoms with Crippen molar-refractivity contribution in [1.29, 1.82) is 0 Å². The second kappa shape index (κ2) is 4.92. The van der Waals surface area contributed by atoms with Gasteiger partial charge < -0.3 is 9.88 Å². The van der Waals surface area contributed by atoms with Gasteiger partial charge in [-0.25, -0.2) is 0 Å². The maximum Gasteiger partial charge on any atom is 0.0481 e. The highest BCUT2D eigenvalue weighted by Crippen LogP contribution is 2.48. The Labute approximate surface area is 121 Å². The lowest BCUT2D eigenvalue weighted by atomic mass is 9.98. The zero-order valence-electron chi connectivity index (χ0n) is 12.3. The molecule has 1 aromatic heterocycles. The average Bonchev–Trinajstić information content (AvgIpc) is 3.36. The molecule has 0 radical (unpaired) electrons. The topological polar surface area (TPSA) is 17.0 Å². The van der Waals surface area contributed by atoms with Crippen molar-refractivity contribution in [2.24, 2.45) is 24.8 Å². The summed E-state index contributed by atoms with van der Waals surface area (Å²) in [5.74, 6) is 3.05. The average molecular weight is 268 g/mol. The van der Waals surface area contributed by atoms with E-state index in [2.05, 4.69) is 47.4 Å². The van der Waals surface area contributed by atoms with E-state index in [1.165, 1.54) is 48.7 Å². The Kier molecular flexibility index (Phi) is 3.07. The number of para-hydroxylation sites is 1. The lowest BCUT2D eigenvalue weighted by Crippen LogP contribution is -2.25. The lowest BCUT2D eigenvalue weighted by Gasteiger charge is -2.16. The maximum absolute atomic E-state index is 3.74. The van der Waals surface area contributed by atoms with E-state index in [1.54, 1.807) is 0 Å². The smallest absolute Gasteiger partial charge is 0.0481 e. The molecule has 106 valence electrons. The first-order chi connectivity index (χ1) is 9.83. The predicted octanol–water partition coefficient (Wildman–Crippen LogP) is 3.70. The largest absolute Gasteiger partial charge is 0.350 e. The van der Waals surface area contributed by atoms with Gasteiger partial charge in [-0.05, 0) is 61.6 Å². The van der Waals surface area contributed by atoms with E-state index in [0.717, 1.165) is 24.3 Å². The summed E-state index contributed by atoms with van der Waals surface area (Å²) in [5.41, 5.74) is 2.78. The van der Waals surface area contributed by atoms with Crippen LogP contribution in [0.2, 0.25) is 0 Å². The van der Waals surface area contributed by atoms with Crippen LogP contribution in [0.4, 0.5) is 0 Å². The summed E-state index contributed by atoms with van der Waals surface area (Å²) >= 11 is 0. The van der Waals surface area contributed by atoms with Gasteiger partial charge in [0.1, 0.15) is 0 Å². The maximum atomic E-state index is 3.74. The van der Waals surface area contributed by atoms with Crippen molar-refractivity contribution in [2.45, 2.75) is 32.2 Å². The Hall–Kier alpha value is -1.28. The highest BCUT2D eigenvalue weighted by Gasteiger charge is 2.40. The molecule has 1 heterocycles. The van der Waals surface area contributed by atoms with E-state index in [4.69, 9.17) is 0 Å². The number of benzene rings is 1. The van der Waals surface area contributed by atoms with E-state index < -0.39 is 0 Å². The molecule has 2 fully saturated rings. The van der Waals surface area contributed by atoms with Gasteiger partial charge in [-0.1, -0.05) is 18.2 Å². The minimum absolute atomic E-state index is 0.963. The molecular formula is C18H24N2. The zero-order valence-corrected chi connectivity index (χ0v) is 12.3. The van der Waals surface area contributed by atoms with Crippen LogP contribution >= 0.6 is 0 Å². The molecule has 4 rings (SSSR count). The number of aryl methyl sites for hydroxylation is 1. The van der Waals surface area contributed by atoms with Gasteiger partial charge in [0.25, 0.3) is 0 Å². The van der Waals surface area contributed by atoms with E-state index in [1.807, 2.05) is 0 Å². The molecule has 2 aliphatic carbocycles. The fourth-order valence-corrected chi connectivity index (χ4v) is 3.71. The molecule has 1 aromatic carbocycles. The monoisotopic (exact) mass is 268 g/mol. The van der Waals surface area contributed by atoms with Crippen LogP contribution in [-0.2, 0) is 13.6 Å². The lowest BCUT2D eigenvalue weighted by molar-refractivity contribution is 0.379. The number of rotatable bonds is 6. The predicted molar refractivity (Wildman–Crippen MR) is 83.6 cm³/mol. The summed E-state index contributed by atoms with van der Waals surface area (Å²) in [5, 5.41) is 5.14. The fraction of sp³-hybridized carbons (Fsp3) is 0.556. The zero-order chi connectivity index (χ0) is 13.5. The summed E-state index contributed by atoms with van der Waals surface area (Å²) in [7, 11) is 2.14. The van der Waals surface area contributed by atoms with Crippen molar-refractivity contribution in [3.63, 3.8) is 0 Å². The van der Waals surface area contributed by atoms with Crippen LogP contribution in [0.25, 0.3) is 10.9 Å². The first kappa shape index (κ1) is 12.5. The van der Waals surface area contributed by atoms with E-state index in [-0.39, 0.29) is 0 Å². The summed E-state index contributed by atoms with van der Waals surface area (Å²) in [6.07, 6.45) is 8.21. The van der Waals surface area contributed by atoms with Crippen LogP contribution in [0.3, 0.4) is 0 Å². The Balaban J connectivity index is 1.42. The second-order valence-electron chi connectivity index (χ2n) is 6.75. The molecule has 2 aromatic rings. The SMILES string of the molecule is Cn1cc(CNCC(C2CC2)C2CC2)c2ccccc21. The third-order valence-electron chi connectivity index (χ3n) is 5.13. The van der Waals surface area contributed by atoms with Crippen LogP contribution in [0.5, 0.6) is 0 Å². The fourth-order valence-electron chi connectivity index (χ4n) is 3.71. The molecule has 0 saturated heterocycles. The molecule has 0 bridgehead atoms. The van der Waals surface area contributed by atoms with Gasteiger partial charge in [-0.3, -0.25) is 0 Å². The van der Waals surface area contributed by atoms with Gasteiger partial charge in [0.05, 0.1) is 0 Å². The third kappa shape index (κ3) is 2.37. The van der Waals surface area contributed by atoms with Crippen molar-refractivity contribution in [3.8, 4) is 0 Å². The molecule has 0 spiro atoms. The molecule has 1 N–H and O–H groups in total. The van der Waals surface area contributed by atoms with Gasteiger partial charge in [0.15, 0.2) is 0 Å². The third-order valence-corrected chi connectivity index (χ3v) is 5.13. The standard InChI is InChI=1S/C18H24N2/c1-20-12-15(16-4-2-3-5-18(16)20)10-19-11-17(13-6-7-13)14-8-9-14/h2-5,12-14,17,19H,6-11H2,1H3. The first-order valence-corrected chi connectivity index (χ1v) is 8.06. The van der Waals surface area contributed by atoms with Crippen molar-refractivity contribution >= 4 is 10.9 Å². The van der Waals surface area contributed by atoms with Gasteiger partial charge in [-0.15, -0.1) is 0 Å². The highest BCUT2D eigenvalue weighted by atomic mass is 14.9. The molecule has 2 aliphatic rings. The molecule has 0 amide bonds. The van der Waals surface area contributed by atoms with Gasteiger partial charge >= 0.3 is 0 Å². The van der Waals surface area contributed by atoms with Crippen molar-refractivity contribution in [2.75, 3.05) is 6.54 Å². The normalized spacial score (nSPS) is 19.1. The Bertz CT molecular complexity index is 593. The van der Waals surface area contributed by atoms with E-state index in [0.29, 0.717) is 0 Å². The Morgan fingerprint density at radius 1 is 1.15 bits per heavy atom. The summed E-state index contributed by atoms with van der Waals surface area (Å²) in [6, 6.07) is 8.71. The molecule has 0 aliphatic heterocycles. The van der Waals surface area contributed by atoms with Gasteiger partial charge in [-0.2, -0.15) is 0 Å². The number of hydrogen-bond donors (Lipinski definition) is 1. The summed E-state index contributed by atoms with van der Waals surface area (Å²) in [4.78, 5) is 0. The van der Waals surface area contributed by atoms with Gasteiger partial charge in [0, 0.05) is 30.7 Å². The van der Waals surface area contributed by atoms with Crippen LogP contribution in [0, 0.1) is 17.8 Å². The van der Waals surface area contributed by atoms with Gasteiger partial charge in [0.2, 0.25) is 0 Å². The second-order valence-corrected chi connectivity index (χ2v) is 6.75.